The van der Waals surface area contributed by atoms with Crippen molar-refractivity contribution in [3.8, 4) is 0 Å². The number of benzene rings is 1. The van der Waals surface area contributed by atoms with Gasteiger partial charge in [-0.1, -0.05) is 12.1 Å². The van der Waals surface area contributed by atoms with Crippen LogP contribution in [0.3, 0.4) is 0 Å². The summed E-state index contributed by atoms with van der Waals surface area (Å²) in [5.41, 5.74) is 2.89. The molecule has 1 fully saturated rings. The third-order valence-electron chi connectivity index (χ3n) is 4.51. The summed E-state index contributed by atoms with van der Waals surface area (Å²) in [4.78, 5) is 9.32. The van der Waals surface area contributed by atoms with Crippen molar-refractivity contribution in [2.45, 2.75) is 13.1 Å². The second-order valence-electron chi connectivity index (χ2n) is 6.06. The smallest absolute Gasteiger partial charge is 0.139 e. The summed E-state index contributed by atoms with van der Waals surface area (Å²) in [5.74, 6) is 1.12. The Kier molecular flexibility index (Phi) is 3.80. The van der Waals surface area contributed by atoms with E-state index < -0.39 is 0 Å². The first-order chi connectivity index (χ1) is 11.3. The average molecular weight is 312 g/mol. The molecule has 0 spiro atoms. The molecule has 3 heterocycles. The molecule has 1 aromatic carbocycles. The van der Waals surface area contributed by atoms with Crippen molar-refractivity contribution >= 4 is 11.0 Å². The molecule has 3 aromatic rings. The first-order valence-electron chi connectivity index (χ1n) is 7.91. The maximum Gasteiger partial charge on any atom is 0.139 e. The third-order valence-corrected chi connectivity index (χ3v) is 4.51. The molecule has 2 aromatic heterocycles. The molecule has 1 saturated heterocycles. The van der Waals surface area contributed by atoms with E-state index in [9.17, 15) is 0 Å². The van der Waals surface area contributed by atoms with Crippen LogP contribution in [-0.4, -0.2) is 55.8 Å². The van der Waals surface area contributed by atoms with E-state index in [2.05, 4.69) is 35.7 Å². The Morgan fingerprint density at radius 3 is 2.57 bits per heavy atom. The van der Waals surface area contributed by atoms with Crippen LogP contribution in [0.2, 0.25) is 0 Å². The van der Waals surface area contributed by atoms with Crippen LogP contribution in [0.25, 0.3) is 11.0 Å². The van der Waals surface area contributed by atoms with Crippen molar-refractivity contribution in [1.29, 1.82) is 0 Å². The average Bonchev–Trinajstić information content (AvgIpc) is 3.19. The van der Waals surface area contributed by atoms with Gasteiger partial charge in [0.2, 0.25) is 0 Å². The Morgan fingerprint density at radius 2 is 1.83 bits per heavy atom. The summed E-state index contributed by atoms with van der Waals surface area (Å²) in [6, 6.07) is 6.05. The lowest BCUT2D eigenvalue weighted by Crippen LogP contribution is -2.45. The van der Waals surface area contributed by atoms with Gasteiger partial charge in [0.15, 0.2) is 0 Å². The largest absolute Gasteiger partial charge is 0.337 e. The van der Waals surface area contributed by atoms with E-state index in [1.807, 2.05) is 31.6 Å². The fourth-order valence-electron chi connectivity index (χ4n) is 3.08. The lowest BCUT2D eigenvalue weighted by molar-refractivity contribution is 0.119. The lowest BCUT2D eigenvalue weighted by Gasteiger charge is -2.34. The summed E-state index contributed by atoms with van der Waals surface area (Å²) in [7, 11) is 2.05. The Balaban J connectivity index is 1.36. The zero-order valence-corrected chi connectivity index (χ0v) is 13.2. The highest BCUT2D eigenvalue weighted by atomic mass is 16.6. The predicted octanol–water partition coefficient (Wildman–Crippen LogP) is 1.27. The maximum absolute atomic E-state index is 4.85. The topological polar surface area (TPSA) is 63.2 Å². The number of hydrogen-bond donors (Lipinski definition) is 0. The van der Waals surface area contributed by atoms with Gasteiger partial charge < -0.3 is 4.57 Å². The number of aryl methyl sites for hydroxylation is 1. The van der Waals surface area contributed by atoms with E-state index in [-0.39, 0.29) is 0 Å². The first kappa shape index (κ1) is 14.3. The number of imidazole rings is 1. The highest BCUT2D eigenvalue weighted by Crippen LogP contribution is 2.17. The van der Waals surface area contributed by atoms with Crippen LogP contribution in [0, 0.1) is 0 Å². The van der Waals surface area contributed by atoms with Gasteiger partial charge in [-0.2, -0.15) is 0 Å². The fraction of sp³-hybridized carbons (Fsp3) is 0.438. The fourth-order valence-corrected chi connectivity index (χ4v) is 3.08. The van der Waals surface area contributed by atoms with Crippen LogP contribution < -0.4 is 0 Å². The molecular formula is C16H20N6O. The van der Waals surface area contributed by atoms with Crippen LogP contribution in [-0.2, 0) is 20.1 Å². The Labute approximate surface area is 134 Å². The second-order valence-corrected chi connectivity index (χ2v) is 6.06. The normalized spacial score (nSPS) is 17.1. The number of aromatic nitrogens is 4. The van der Waals surface area contributed by atoms with Gasteiger partial charge in [-0.05, 0) is 21.9 Å². The predicted molar refractivity (Wildman–Crippen MR) is 85.6 cm³/mol. The molecule has 0 radical (unpaired) electrons. The molecule has 23 heavy (non-hydrogen) atoms. The van der Waals surface area contributed by atoms with E-state index in [0.29, 0.717) is 0 Å². The van der Waals surface area contributed by atoms with E-state index in [4.69, 9.17) is 4.63 Å². The van der Waals surface area contributed by atoms with Crippen LogP contribution in [0.15, 0.2) is 35.2 Å². The van der Waals surface area contributed by atoms with E-state index in [0.717, 1.165) is 56.1 Å². The molecule has 0 amide bonds. The lowest BCUT2D eigenvalue weighted by atomic mass is 10.1. The summed E-state index contributed by atoms with van der Waals surface area (Å²) < 4.78 is 6.93. The minimum Gasteiger partial charge on any atom is -0.337 e. The van der Waals surface area contributed by atoms with Crippen molar-refractivity contribution < 1.29 is 4.63 Å². The molecule has 0 saturated carbocycles. The van der Waals surface area contributed by atoms with E-state index in [1.54, 1.807) is 0 Å². The van der Waals surface area contributed by atoms with E-state index >= 15 is 0 Å². The van der Waals surface area contributed by atoms with Crippen LogP contribution in [0.1, 0.15) is 11.4 Å². The first-order valence-corrected chi connectivity index (χ1v) is 7.91. The highest BCUT2D eigenvalue weighted by molar-refractivity contribution is 5.76. The summed E-state index contributed by atoms with van der Waals surface area (Å²) in [5, 5.41) is 7.94. The molecular weight excluding hydrogens is 292 g/mol. The zero-order chi connectivity index (χ0) is 15.6. The molecule has 7 nitrogen and oxygen atoms in total. The van der Waals surface area contributed by atoms with Gasteiger partial charge in [-0.3, -0.25) is 9.80 Å². The molecule has 1 aliphatic rings. The van der Waals surface area contributed by atoms with Gasteiger partial charge in [0.1, 0.15) is 16.9 Å². The summed E-state index contributed by atoms with van der Waals surface area (Å²) in [6.45, 7) is 6.01. The molecule has 120 valence electrons. The van der Waals surface area contributed by atoms with Crippen molar-refractivity contribution in [2.75, 3.05) is 26.2 Å². The number of piperazine rings is 1. The molecule has 1 aliphatic heterocycles. The Bertz CT molecular complexity index is 787. The molecule has 0 unspecified atom stereocenters. The van der Waals surface area contributed by atoms with Crippen molar-refractivity contribution in [3.63, 3.8) is 0 Å². The third kappa shape index (κ3) is 2.97. The summed E-state index contributed by atoms with van der Waals surface area (Å²) >= 11 is 0. The number of fused-ring (bicyclic) bond motifs is 1. The van der Waals surface area contributed by atoms with Gasteiger partial charge in [0.05, 0.1) is 6.54 Å². The minimum absolute atomic E-state index is 0.830. The van der Waals surface area contributed by atoms with Gasteiger partial charge in [0.25, 0.3) is 0 Å². The molecule has 0 bridgehead atoms. The monoisotopic (exact) mass is 312 g/mol. The molecule has 4 rings (SSSR count). The number of hydrogen-bond acceptors (Lipinski definition) is 6. The zero-order valence-electron chi connectivity index (χ0n) is 13.2. The molecule has 0 N–H and O–H groups in total. The van der Waals surface area contributed by atoms with Gasteiger partial charge in [-0.15, -0.1) is 0 Å². The van der Waals surface area contributed by atoms with Crippen molar-refractivity contribution in [3.05, 3.63) is 42.0 Å². The number of rotatable bonds is 4. The Hall–Kier alpha value is -2.25. The van der Waals surface area contributed by atoms with Gasteiger partial charge in [-0.25, -0.2) is 9.61 Å². The highest BCUT2D eigenvalue weighted by Gasteiger charge is 2.19. The van der Waals surface area contributed by atoms with Gasteiger partial charge in [0, 0.05) is 52.2 Å². The number of nitrogens with zero attached hydrogens (tertiary/aromatic N) is 6. The molecule has 0 aliphatic carbocycles. The van der Waals surface area contributed by atoms with Gasteiger partial charge >= 0.3 is 0 Å². The Morgan fingerprint density at radius 1 is 1.04 bits per heavy atom. The molecule has 7 heteroatoms. The minimum atomic E-state index is 0.830. The van der Waals surface area contributed by atoms with Crippen molar-refractivity contribution in [1.82, 2.24) is 29.7 Å². The standard InChI is InChI=1S/C16H20N6O/c1-20-6-5-17-15(20)12-22-9-7-21(8-10-22)11-13-3-2-4-14-16(13)19-23-18-14/h2-6H,7-12H2,1H3. The summed E-state index contributed by atoms with van der Waals surface area (Å²) in [6.07, 6.45) is 3.86. The van der Waals surface area contributed by atoms with Crippen LogP contribution in [0.4, 0.5) is 0 Å². The SMILES string of the molecule is Cn1ccnc1CN1CCN(Cc2cccc3nonc23)CC1. The molecule has 0 atom stereocenters. The van der Waals surface area contributed by atoms with Crippen LogP contribution >= 0.6 is 0 Å². The maximum atomic E-state index is 4.85. The van der Waals surface area contributed by atoms with Crippen LogP contribution in [0.5, 0.6) is 0 Å². The van der Waals surface area contributed by atoms with E-state index in [1.165, 1.54) is 5.56 Å². The quantitative estimate of drug-likeness (QED) is 0.723. The van der Waals surface area contributed by atoms with Crippen molar-refractivity contribution in [2.24, 2.45) is 7.05 Å². The second kappa shape index (κ2) is 6.10.